The molecule has 2 atom stereocenters. The summed E-state index contributed by atoms with van der Waals surface area (Å²) in [7, 11) is 1.70. The van der Waals surface area contributed by atoms with E-state index in [0.29, 0.717) is 23.5 Å². The quantitative estimate of drug-likeness (QED) is 0.758. The fourth-order valence-electron chi connectivity index (χ4n) is 2.94. The zero-order chi connectivity index (χ0) is 15.1. The second kappa shape index (κ2) is 4.81. The highest BCUT2D eigenvalue weighted by molar-refractivity contribution is 5.99. The maximum atomic E-state index is 11.5. The molecule has 0 aromatic carbocycles. The zero-order valence-corrected chi connectivity index (χ0v) is 11.9. The van der Waals surface area contributed by atoms with Gasteiger partial charge in [-0.1, -0.05) is 6.42 Å². The van der Waals surface area contributed by atoms with Crippen LogP contribution in [0.3, 0.4) is 0 Å². The Labute approximate surface area is 117 Å². The third-order valence-corrected chi connectivity index (χ3v) is 4.23. The molecule has 2 rings (SSSR count). The lowest BCUT2D eigenvalue weighted by molar-refractivity contribution is -0.147. The number of amides is 1. The Kier molecular flexibility index (Phi) is 3.45. The number of nitrogens with two attached hydrogens (primary N) is 1. The minimum atomic E-state index is -0.840. The molecule has 7 heteroatoms. The van der Waals surface area contributed by atoms with Gasteiger partial charge in [-0.3, -0.25) is 14.3 Å². The summed E-state index contributed by atoms with van der Waals surface area (Å²) in [5.41, 5.74) is 5.41. The Hall–Kier alpha value is -2.05. The van der Waals surface area contributed by atoms with Gasteiger partial charge in [0.1, 0.15) is 11.4 Å². The first kappa shape index (κ1) is 14.4. The van der Waals surface area contributed by atoms with Gasteiger partial charge in [-0.2, -0.15) is 5.10 Å². The summed E-state index contributed by atoms with van der Waals surface area (Å²) in [5.74, 6) is -0.894. The van der Waals surface area contributed by atoms with Crippen LogP contribution >= 0.6 is 0 Å². The number of nitrogens with zero attached hydrogens (tertiary/aromatic N) is 2. The van der Waals surface area contributed by atoms with Gasteiger partial charge in [0.25, 0.3) is 5.91 Å². The highest BCUT2D eigenvalue weighted by Crippen LogP contribution is 2.40. The van der Waals surface area contributed by atoms with E-state index in [4.69, 9.17) is 5.73 Å². The molecule has 2 unspecified atom stereocenters. The predicted molar refractivity (Wildman–Crippen MR) is 73.5 cm³/mol. The lowest BCUT2D eigenvalue weighted by Gasteiger charge is -2.28. The van der Waals surface area contributed by atoms with Crippen molar-refractivity contribution in [1.82, 2.24) is 9.78 Å². The van der Waals surface area contributed by atoms with Crippen LogP contribution in [0.25, 0.3) is 0 Å². The number of carboxylic acids is 1. The first-order chi connectivity index (χ1) is 9.27. The summed E-state index contributed by atoms with van der Waals surface area (Å²) in [5, 5.41) is 16.8. The fraction of sp³-hybridized carbons (Fsp3) is 0.615. The van der Waals surface area contributed by atoms with Gasteiger partial charge < -0.3 is 16.2 Å². The Bertz CT molecular complexity index is 566. The number of carbonyl (C=O) groups is 2. The Morgan fingerprint density at radius 1 is 1.55 bits per heavy atom. The van der Waals surface area contributed by atoms with Crippen LogP contribution in [0.1, 0.15) is 42.2 Å². The first-order valence-corrected chi connectivity index (χ1v) is 6.60. The summed E-state index contributed by atoms with van der Waals surface area (Å²) >= 11 is 0. The largest absolute Gasteiger partial charge is 0.481 e. The second-order valence-electron chi connectivity index (χ2n) is 5.61. The third kappa shape index (κ3) is 2.13. The molecule has 110 valence electrons. The number of carbonyl (C=O) groups excluding carboxylic acids is 1. The molecule has 0 radical (unpaired) electrons. The lowest BCUT2D eigenvalue weighted by Crippen LogP contribution is -2.41. The van der Waals surface area contributed by atoms with E-state index in [1.807, 2.05) is 0 Å². The molecular formula is C13H20N4O3. The first-order valence-electron chi connectivity index (χ1n) is 6.60. The molecule has 1 aliphatic rings. The molecule has 1 aromatic heterocycles. The standard InChI is InChI=1S/C13H20N4O3/c1-7-9(10(14)18)11(17(3)16-7)15-8-5-4-6-13(8,2)12(19)20/h8,15H,4-6H2,1-3H3,(H2,14,18)(H,19,20). The van der Waals surface area contributed by atoms with Crippen LogP contribution in [-0.2, 0) is 11.8 Å². The number of aromatic nitrogens is 2. The summed E-state index contributed by atoms with van der Waals surface area (Å²) in [4.78, 5) is 23.0. The van der Waals surface area contributed by atoms with Crippen LogP contribution in [0.5, 0.6) is 0 Å². The lowest BCUT2D eigenvalue weighted by atomic mass is 9.85. The number of anilines is 1. The van der Waals surface area contributed by atoms with Gasteiger partial charge in [0, 0.05) is 13.1 Å². The number of aryl methyl sites for hydroxylation is 2. The third-order valence-electron chi connectivity index (χ3n) is 4.23. The van der Waals surface area contributed by atoms with E-state index >= 15 is 0 Å². The SMILES string of the molecule is Cc1nn(C)c(NC2CCCC2(C)C(=O)O)c1C(N)=O. The molecule has 4 N–H and O–H groups in total. The molecule has 0 aliphatic heterocycles. The zero-order valence-electron chi connectivity index (χ0n) is 11.9. The molecule has 1 saturated carbocycles. The van der Waals surface area contributed by atoms with E-state index in [9.17, 15) is 14.7 Å². The molecule has 1 heterocycles. The normalized spacial score (nSPS) is 25.6. The van der Waals surface area contributed by atoms with Crippen LogP contribution in [0.2, 0.25) is 0 Å². The number of hydrogen-bond donors (Lipinski definition) is 3. The Balaban J connectivity index is 2.35. The molecule has 0 spiro atoms. The van der Waals surface area contributed by atoms with Gasteiger partial charge in [0.15, 0.2) is 0 Å². The molecule has 1 aliphatic carbocycles. The number of hydrogen-bond acceptors (Lipinski definition) is 4. The highest BCUT2D eigenvalue weighted by Gasteiger charge is 2.45. The molecule has 1 fully saturated rings. The van der Waals surface area contributed by atoms with Crippen molar-refractivity contribution in [3.8, 4) is 0 Å². The van der Waals surface area contributed by atoms with Crippen LogP contribution in [0.15, 0.2) is 0 Å². The molecule has 1 aromatic rings. The van der Waals surface area contributed by atoms with E-state index in [1.165, 1.54) is 4.68 Å². The molecule has 20 heavy (non-hydrogen) atoms. The van der Waals surface area contributed by atoms with Crippen molar-refractivity contribution < 1.29 is 14.7 Å². The van der Waals surface area contributed by atoms with Gasteiger partial charge in [0.05, 0.1) is 11.1 Å². The average Bonchev–Trinajstić information content (AvgIpc) is 2.82. The molecule has 0 bridgehead atoms. The maximum Gasteiger partial charge on any atom is 0.311 e. The van der Waals surface area contributed by atoms with Crippen molar-refractivity contribution in [1.29, 1.82) is 0 Å². The maximum absolute atomic E-state index is 11.5. The number of carboxylic acid groups (broad SMARTS) is 1. The van der Waals surface area contributed by atoms with Crippen molar-refractivity contribution in [3.05, 3.63) is 11.3 Å². The van der Waals surface area contributed by atoms with Gasteiger partial charge >= 0.3 is 5.97 Å². The van der Waals surface area contributed by atoms with Gasteiger partial charge in [0.2, 0.25) is 0 Å². The van der Waals surface area contributed by atoms with E-state index < -0.39 is 17.3 Å². The van der Waals surface area contributed by atoms with Crippen molar-refractivity contribution in [3.63, 3.8) is 0 Å². The molecule has 0 saturated heterocycles. The minimum absolute atomic E-state index is 0.243. The van der Waals surface area contributed by atoms with E-state index in [1.54, 1.807) is 20.9 Å². The van der Waals surface area contributed by atoms with Crippen LogP contribution in [0, 0.1) is 12.3 Å². The van der Waals surface area contributed by atoms with E-state index in [2.05, 4.69) is 10.4 Å². The Morgan fingerprint density at radius 3 is 2.75 bits per heavy atom. The molecular weight excluding hydrogens is 260 g/mol. The minimum Gasteiger partial charge on any atom is -0.481 e. The van der Waals surface area contributed by atoms with Gasteiger partial charge in [-0.25, -0.2) is 0 Å². The summed E-state index contributed by atoms with van der Waals surface area (Å²) in [6.45, 7) is 3.43. The van der Waals surface area contributed by atoms with Gasteiger partial charge in [-0.15, -0.1) is 0 Å². The smallest absolute Gasteiger partial charge is 0.311 e. The number of rotatable bonds is 4. The second-order valence-corrected chi connectivity index (χ2v) is 5.61. The molecule has 1 amide bonds. The number of primary amides is 1. The van der Waals surface area contributed by atoms with Crippen molar-refractivity contribution in [2.24, 2.45) is 18.2 Å². The van der Waals surface area contributed by atoms with Crippen LogP contribution < -0.4 is 11.1 Å². The predicted octanol–water partition coefficient (Wildman–Crippen LogP) is 0.883. The monoisotopic (exact) mass is 280 g/mol. The van der Waals surface area contributed by atoms with Crippen molar-refractivity contribution in [2.45, 2.75) is 39.2 Å². The summed E-state index contributed by atoms with van der Waals surface area (Å²) < 4.78 is 1.54. The van der Waals surface area contributed by atoms with E-state index in [-0.39, 0.29) is 6.04 Å². The number of nitrogens with one attached hydrogen (secondary N) is 1. The van der Waals surface area contributed by atoms with Crippen molar-refractivity contribution in [2.75, 3.05) is 5.32 Å². The number of aliphatic carboxylic acids is 1. The summed E-state index contributed by atoms with van der Waals surface area (Å²) in [6, 6.07) is -0.243. The average molecular weight is 280 g/mol. The topological polar surface area (TPSA) is 110 Å². The van der Waals surface area contributed by atoms with Crippen LogP contribution in [0.4, 0.5) is 5.82 Å². The highest BCUT2D eigenvalue weighted by atomic mass is 16.4. The fourth-order valence-corrected chi connectivity index (χ4v) is 2.94. The van der Waals surface area contributed by atoms with Gasteiger partial charge in [-0.05, 0) is 26.7 Å². The van der Waals surface area contributed by atoms with Crippen molar-refractivity contribution >= 4 is 17.7 Å². The summed E-state index contributed by atoms with van der Waals surface area (Å²) in [6.07, 6.45) is 2.19. The van der Waals surface area contributed by atoms with Crippen LogP contribution in [-0.4, -0.2) is 32.8 Å². The van der Waals surface area contributed by atoms with E-state index in [0.717, 1.165) is 12.8 Å². The molecule has 7 nitrogen and oxygen atoms in total. The Morgan fingerprint density at radius 2 is 2.20 bits per heavy atom.